The number of carbonyl (C=O) groups excluding carboxylic acids is 1. The van der Waals surface area contributed by atoms with E-state index in [2.05, 4.69) is 10.1 Å². The maximum Gasteiger partial charge on any atom is 0.223 e. The van der Waals surface area contributed by atoms with Crippen molar-refractivity contribution in [2.45, 2.75) is 25.9 Å². The van der Waals surface area contributed by atoms with Gasteiger partial charge in [-0.3, -0.25) is 4.79 Å². The first-order valence-corrected chi connectivity index (χ1v) is 6.62. The van der Waals surface area contributed by atoms with Crippen molar-refractivity contribution in [3.05, 3.63) is 47.8 Å². The predicted octanol–water partition coefficient (Wildman–Crippen LogP) is 1.39. The summed E-state index contributed by atoms with van der Waals surface area (Å²) in [6.07, 6.45) is 2.24. The third-order valence-corrected chi connectivity index (χ3v) is 3.53. The molecule has 0 atom stereocenters. The molecular formula is C14H15FN4O. The molecule has 5 nitrogen and oxygen atoms in total. The van der Waals surface area contributed by atoms with Gasteiger partial charge in [-0.15, -0.1) is 0 Å². The number of aryl methyl sites for hydroxylation is 1. The zero-order valence-electron chi connectivity index (χ0n) is 11.0. The molecular weight excluding hydrogens is 259 g/mol. The second-order valence-corrected chi connectivity index (χ2v) is 4.81. The third kappa shape index (κ3) is 2.54. The van der Waals surface area contributed by atoms with E-state index in [1.54, 1.807) is 27.8 Å². The Balaban J connectivity index is 1.59. The summed E-state index contributed by atoms with van der Waals surface area (Å²) in [6.45, 7) is 1.78. The van der Waals surface area contributed by atoms with Gasteiger partial charge in [-0.25, -0.2) is 14.1 Å². The Bertz CT molecular complexity index is 625. The molecule has 0 bridgehead atoms. The molecule has 0 spiro atoms. The largest absolute Gasteiger partial charge is 0.333 e. The minimum absolute atomic E-state index is 0.0301. The highest BCUT2D eigenvalue weighted by molar-refractivity contribution is 5.76. The number of halogens is 1. The van der Waals surface area contributed by atoms with Crippen LogP contribution in [0.25, 0.3) is 0 Å². The number of carbonyl (C=O) groups is 1. The van der Waals surface area contributed by atoms with E-state index < -0.39 is 0 Å². The van der Waals surface area contributed by atoms with Crippen molar-refractivity contribution in [1.82, 2.24) is 19.7 Å². The van der Waals surface area contributed by atoms with Crippen LogP contribution < -0.4 is 0 Å². The molecule has 1 amide bonds. The van der Waals surface area contributed by atoms with Crippen LogP contribution in [0, 0.1) is 5.82 Å². The van der Waals surface area contributed by atoms with Gasteiger partial charge in [0.1, 0.15) is 18.0 Å². The van der Waals surface area contributed by atoms with Crippen LogP contribution in [-0.4, -0.2) is 32.1 Å². The number of aromatic nitrogens is 3. The van der Waals surface area contributed by atoms with Gasteiger partial charge in [-0.05, 0) is 18.1 Å². The zero-order chi connectivity index (χ0) is 13.9. The number of hydrogen-bond donors (Lipinski definition) is 0. The Labute approximate surface area is 116 Å². The van der Waals surface area contributed by atoms with E-state index in [1.165, 1.54) is 12.4 Å². The molecule has 0 aliphatic carbocycles. The number of amides is 1. The fourth-order valence-electron chi connectivity index (χ4n) is 2.38. The van der Waals surface area contributed by atoms with Gasteiger partial charge in [0.05, 0.1) is 13.1 Å². The summed E-state index contributed by atoms with van der Waals surface area (Å²) in [5, 5.41) is 4.07. The molecule has 0 radical (unpaired) electrons. The molecule has 0 fully saturated rings. The van der Waals surface area contributed by atoms with Crippen molar-refractivity contribution in [2.24, 2.45) is 0 Å². The lowest BCUT2D eigenvalue weighted by atomic mass is 10.1. The zero-order valence-corrected chi connectivity index (χ0v) is 11.0. The molecule has 1 aliphatic rings. The Morgan fingerprint density at radius 2 is 2.15 bits per heavy atom. The SMILES string of the molecule is O=C(CCc1ccccc1F)N1CCn2ncnc2C1. The van der Waals surface area contributed by atoms with Gasteiger partial charge in [0.15, 0.2) is 0 Å². The Kier molecular flexibility index (Phi) is 3.45. The molecule has 0 unspecified atom stereocenters. The van der Waals surface area contributed by atoms with Gasteiger partial charge >= 0.3 is 0 Å². The normalized spacial score (nSPS) is 14.2. The second kappa shape index (κ2) is 5.40. The summed E-state index contributed by atoms with van der Waals surface area (Å²) in [6, 6.07) is 6.57. The van der Waals surface area contributed by atoms with Crippen molar-refractivity contribution < 1.29 is 9.18 Å². The maximum absolute atomic E-state index is 13.5. The van der Waals surface area contributed by atoms with Crippen LogP contribution in [-0.2, 0) is 24.3 Å². The van der Waals surface area contributed by atoms with Crippen LogP contribution in [0.1, 0.15) is 17.8 Å². The first-order chi connectivity index (χ1) is 9.74. The van der Waals surface area contributed by atoms with Crippen LogP contribution in [0.15, 0.2) is 30.6 Å². The van der Waals surface area contributed by atoms with E-state index in [1.807, 2.05) is 0 Å². The molecule has 6 heteroatoms. The molecule has 3 rings (SSSR count). The van der Waals surface area contributed by atoms with Crippen molar-refractivity contribution in [3.8, 4) is 0 Å². The molecule has 1 aliphatic heterocycles. The minimum atomic E-state index is -0.251. The molecule has 0 saturated heterocycles. The first kappa shape index (κ1) is 12.8. The molecule has 2 aromatic rings. The molecule has 20 heavy (non-hydrogen) atoms. The quantitative estimate of drug-likeness (QED) is 0.850. The number of hydrogen-bond acceptors (Lipinski definition) is 3. The van der Waals surface area contributed by atoms with E-state index in [0.29, 0.717) is 38.0 Å². The van der Waals surface area contributed by atoms with Crippen LogP contribution in [0.3, 0.4) is 0 Å². The van der Waals surface area contributed by atoms with Crippen molar-refractivity contribution in [3.63, 3.8) is 0 Å². The average Bonchev–Trinajstić information content (AvgIpc) is 2.93. The number of nitrogens with zero attached hydrogens (tertiary/aromatic N) is 4. The van der Waals surface area contributed by atoms with Crippen LogP contribution in [0.2, 0.25) is 0 Å². The van der Waals surface area contributed by atoms with Crippen LogP contribution in [0.5, 0.6) is 0 Å². The highest BCUT2D eigenvalue weighted by atomic mass is 19.1. The average molecular weight is 274 g/mol. The summed E-state index contributed by atoms with van der Waals surface area (Å²) in [4.78, 5) is 18.0. The fraction of sp³-hybridized carbons (Fsp3) is 0.357. The minimum Gasteiger partial charge on any atom is -0.333 e. The van der Waals surface area contributed by atoms with Gasteiger partial charge < -0.3 is 4.90 Å². The van der Waals surface area contributed by atoms with Gasteiger partial charge in [-0.1, -0.05) is 18.2 Å². The third-order valence-electron chi connectivity index (χ3n) is 3.53. The highest BCUT2D eigenvalue weighted by Gasteiger charge is 2.21. The fourth-order valence-corrected chi connectivity index (χ4v) is 2.38. The number of rotatable bonds is 3. The van der Waals surface area contributed by atoms with Gasteiger partial charge in [0, 0.05) is 13.0 Å². The lowest BCUT2D eigenvalue weighted by molar-refractivity contribution is -0.132. The number of benzene rings is 1. The first-order valence-electron chi connectivity index (χ1n) is 6.62. The number of fused-ring (bicyclic) bond motifs is 1. The van der Waals surface area contributed by atoms with E-state index in [-0.39, 0.29) is 11.7 Å². The summed E-state index contributed by atoms with van der Waals surface area (Å²) in [5.41, 5.74) is 0.584. The lowest BCUT2D eigenvalue weighted by Crippen LogP contribution is -2.38. The molecule has 0 N–H and O–H groups in total. The van der Waals surface area contributed by atoms with E-state index >= 15 is 0 Å². The Morgan fingerprint density at radius 3 is 3.00 bits per heavy atom. The topological polar surface area (TPSA) is 51.0 Å². The van der Waals surface area contributed by atoms with E-state index in [4.69, 9.17) is 0 Å². The van der Waals surface area contributed by atoms with Gasteiger partial charge in [0.25, 0.3) is 0 Å². The van der Waals surface area contributed by atoms with Gasteiger partial charge in [-0.2, -0.15) is 5.10 Å². The van der Waals surface area contributed by atoms with Crippen molar-refractivity contribution in [1.29, 1.82) is 0 Å². The molecule has 1 aromatic heterocycles. The molecule has 1 aromatic carbocycles. The smallest absolute Gasteiger partial charge is 0.223 e. The van der Waals surface area contributed by atoms with E-state index in [0.717, 1.165) is 5.82 Å². The van der Waals surface area contributed by atoms with Gasteiger partial charge in [0.2, 0.25) is 5.91 Å². The monoisotopic (exact) mass is 274 g/mol. The Morgan fingerprint density at radius 1 is 1.30 bits per heavy atom. The van der Waals surface area contributed by atoms with Crippen LogP contribution >= 0.6 is 0 Å². The molecule has 2 heterocycles. The standard InChI is InChI=1S/C14H15FN4O/c15-12-4-2-1-3-11(12)5-6-14(20)18-7-8-19-13(9-18)16-10-17-19/h1-4,10H,5-9H2. The Hall–Kier alpha value is -2.24. The molecule has 104 valence electrons. The predicted molar refractivity (Wildman–Crippen MR) is 70.2 cm³/mol. The maximum atomic E-state index is 13.5. The second-order valence-electron chi connectivity index (χ2n) is 4.81. The summed E-state index contributed by atoms with van der Waals surface area (Å²) in [7, 11) is 0. The summed E-state index contributed by atoms with van der Waals surface area (Å²) >= 11 is 0. The highest BCUT2D eigenvalue weighted by Crippen LogP contribution is 2.13. The van der Waals surface area contributed by atoms with Crippen molar-refractivity contribution in [2.75, 3.05) is 6.54 Å². The molecule has 0 saturated carbocycles. The van der Waals surface area contributed by atoms with E-state index in [9.17, 15) is 9.18 Å². The summed E-state index contributed by atoms with van der Waals surface area (Å²) in [5.74, 6) is 0.580. The summed E-state index contributed by atoms with van der Waals surface area (Å²) < 4.78 is 15.3. The van der Waals surface area contributed by atoms with Crippen LogP contribution in [0.4, 0.5) is 4.39 Å². The van der Waals surface area contributed by atoms with Crippen molar-refractivity contribution >= 4 is 5.91 Å². The lowest BCUT2D eigenvalue weighted by Gasteiger charge is -2.26.